The predicted octanol–water partition coefficient (Wildman–Crippen LogP) is 3.37. The number of ether oxygens (including phenoxy) is 1. The highest BCUT2D eigenvalue weighted by Gasteiger charge is 2.11. The van der Waals surface area contributed by atoms with Gasteiger partial charge in [0.15, 0.2) is 5.16 Å². The zero-order valence-corrected chi connectivity index (χ0v) is 18.5. The Labute approximate surface area is 189 Å². The van der Waals surface area contributed by atoms with Gasteiger partial charge in [0.2, 0.25) is 5.91 Å². The van der Waals surface area contributed by atoms with Gasteiger partial charge < -0.3 is 19.9 Å². The van der Waals surface area contributed by atoms with Crippen LogP contribution in [0.25, 0.3) is 0 Å². The van der Waals surface area contributed by atoms with Crippen LogP contribution >= 0.6 is 11.8 Å². The lowest BCUT2D eigenvalue weighted by Gasteiger charge is -2.09. The van der Waals surface area contributed by atoms with E-state index in [2.05, 4.69) is 20.8 Å². The maximum Gasteiger partial charge on any atom is 0.338 e. The average molecular weight is 454 g/mol. The first-order valence-corrected chi connectivity index (χ1v) is 10.9. The molecule has 32 heavy (non-hydrogen) atoms. The van der Waals surface area contributed by atoms with E-state index < -0.39 is 5.97 Å². The Kier molecular flexibility index (Phi) is 7.98. The quantitative estimate of drug-likeness (QED) is 0.377. The van der Waals surface area contributed by atoms with E-state index in [0.717, 1.165) is 6.42 Å². The van der Waals surface area contributed by atoms with Crippen LogP contribution in [0.15, 0.2) is 60.0 Å². The van der Waals surface area contributed by atoms with Crippen LogP contribution in [-0.2, 0) is 16.6 Å². The van der Waals surface area contributed by atoms with Gasteiger partial charge in [-0.25, -0.2) is 4.79 Å². The van der Waals surface area contributed by atoms with E-state index in [1.165, 1.54) is 11.8 Å². The number of amides is 2. The van der Waals surface area contributed by atoms with Gasteiger partial charge in [-0.05, 0) is 48.9 Å². The Hall–Kier alpha value is -3.66. The van der Waals surface area contributed by atoms with Crippen LogP contribution in [0, 0.1) is 0 Å². The lowest BCUT2D eigenvalue weighted by atomic mass is 10.1. The highest BCUT2D eigenvalue weighted by Crippen LogP contribution is 2.17. The van der Waals surface area contributed by atoms with Gasteiger partial charge in [0.25, 0.3) is 5.91 Å². The Morgan fingerprint density at radius 2 is 1.81 bits per heavy atom. The third-order valence-electron chi connectivity index (χ3n) is 4.23. The number of nitrogens with zero attached hydrogens (tertiary/aromatic N) is 3. The van der Waals surface area contributed by atoms with E-state index in [4.69, 9.17) is 4.74 Å². The summed E-state index contributed by atoms with van der Waals surface area (Å²) in [5.74, 6) is -0.793. The normalized spacial score (nSPS) is 10.4. The van der Waals surface area contributed by atoms with E-state index in [9.17, 15) is 14.4 Å². The molecule has 2 N–H and O–H groups in total. The van der Waals surface area contributed by atoms with Crippen molar-refractivity contribution in [3.05, 3.63) is 66.0 Å². The number of rotatable bonds is 9. The van der Waals surface area contributed by atoms with Crippen molar-refractivity contribution in [2.24, 2.45) is 7.05 Å². The molecule has 0 saturated carbocycles. The number of esters is 1. The number of carbonyl (C=O) groups is 3. The van der Waals surface area contributed by atoms with Gasteiger partial charge in [-0.2, -0.15) is 0 Å². The molecule has 0 bridgehead atoms. The molecular weight excluding hydrogens is 430 g/mol. The fourth-order valence-corrected chi connectivity index (χ4v) is 3.33. The number of aryl methyl sites for hydroxylation is 1. The van der Waals surface area contributed by atoms with Gasteiger partial charge in [0, 0.05) is 24.0 Å². The first-order chi connectivity index (χ1) is 15.5. The predicted molar refractivity (Wildman–Crippen MR) is 122 cm³/mol. The van der Waals surface area contributed by atoms with Gasteiger partial charge in [-0.15, -0.1) is 10.2 Å². The second kappa shape index (κ2) is 11.1. The van der Waals surface area contributed by atoms with Crippen LogP contribution in [0.4, 0.5) is 11.4 Å². The number of hydrogen-bond donors (Lipinski definition) is 2. The monoisotopic (exact) mass is 453 g/mol. The Balaban J connectivity index is 1.56. The molecule has 0 aliphatic carbocycles. The van der Waals surface area contributed by atoms with Crippen molar-refractivity contribution in [3.63, 3.8) is 0 Å². The molecule has 166 valence electrons. The number of nitrogens with one attached hydrogen (secondary N) is 2. The van der Waals surface area contributed by atoms with Crippen LogP contribution < -0.4 is 10.6 Å². The lowest BCUT2D eigenvalue weighted by molar-refractivity contribution is -0.113. The summed E-state index contributed by atoms with van der Waals surface area (Å²) in [7, 11) is 1.80. The second-order valence-electron chi connectivity index (χ2n) is 6.81. The molecular formula is C22H23N5O4S. The van der Waals surface area contributed by atoms with Crippen molar-refractivity contribution in [2.45, 2.75) is 18.5 Å². The third-order valence-corrected chi connectivity index (χ3v) is 5.26. The highest BCUT2D eigenvalue weighted by atomic mass is 32.2. The van der Waals surface area contributed by atoms with E-state index in [-0.39, 0.29) is 17.6 Å². The summed E-state index contributed by atoms with van der Waals surface area (Å²) < 4.78 is 6.81. The Bertz CT molecular complexity index is 1100. The number of aromatic nitrogens is 3. The van der Waals surface area contributed by atoms with Crippen molar-refractivity contribution in [2.75, 3.05) is 23.0 Å². The molecule has 0 saturated heterocycles. The van der Waals surface area contributed by atoms with Gasteiger partial charge in [-0.1, -0.05) is 24.8 Å². The summed E-state index contributed by atoms with van der Waals surface area (Å²) in [6.07, 6.45) is 2.31. The van der Waals surface area contributed by atoms with Crippen molar-refractivity contribution in [1.82, 2.24) is 14.8 Å². The fourth-order valence-electron chi connectivity index (χ4n) is 2.64. The minimum absolute atomic E-state index is 0.163. The van der Waals surface area contributed by atoms with Crippen molar-refractivity contribution < 1.29 is 19.1 Å². The average Bonchev–Trinajstić information content (AvgIpc) is 3.21. The minimum atomic E-state index is -0.398. The molecule has 0 aliphatic rings. The summed E-state index contributed by atoms with van der Waals surface area (Å²) >= 11 is 1.27. The van der Waals surface area contributed by atoms with Crippen molar-refractivity contribution in [3.8, 4) is 0 Å². The van der Waals surface area contributed by atoms with E-state index in [1.807, 2.05) is 6.92 Å². The zero-order valence-electron chi connectivity index (χ0n) is 17.7. The van der Waals surface area contributed by atoms with Gasteiger partial charge in [0.1, 0.15) is 6.33 Å². The molecule has 0 aliphatic heterocycles. The van der Waals surface area contributed by atoms with Crippen LogP contribution in [0.3, 0.4) is 0 Å². The smallest absolute Gasteiger partial charge is 0.338 e. The maximum atomic E-state index is 12.6. The highest BCUT2D eigenvalue weighted by molar-refractivity contribution is 7.99. The van der Waals surface area contributed by atoms with Crippen molar-refractivity contribution in [1.29, 1.82) is 0 Å². The molecule has 10 heteroatoms. The fraction of sp³-hybridized carbons (Fsp3) is 0.227. The van der Waals surface area contributed by atoms with E-state index in [0.29, 0.717) is 34.3 Å². The molecule has 0 unspecified atom stereocenters. The Morgan fingerprint density at radius 1 is 1.03 bits per heavy atom. The number of anilines is 2. The standard InChI is InChI=1S/C22H23N5O4S/c1-3-11-31-21(30)15-7-9-17(10-8-15)25-20(29)16-5-4-6-18(12-16)24-19(28)13-32-22-26-23-14-27(22)2/h4-10,12,14H,3,11,13H2,1-2H3,(H,24,28)(H,25,29). The summed E-state index contributed by atoms with van der Waals surface area (Å²) in [5, 5.41) is 13.9. The molecule has 3 rings (SSSR count). The summed E-state index contributed by atoms with van der Waals surface area (Å²) in [6.45, 7) is 2.29. The molecule has 9 nitrogen and oxygen atoms in total. The zero-order chi connectivity index (χ0) is 22.9. The topological polar surface area (TPSA) is 115 Å². The van der Waals surface area contributed by atoms with Gasteiger partial charge in [-0.3, -0.25) is 9.59 Å². The van der Waals surface area contributed by atoms with Crippen LogP contribution in [-0.4, -0.2) is 44.9 Å². The second-order valence-corrected chi connectivity index (χ2v) is 7.75. The van der Waals surface area contributed by atoms with E-state index in [1.54, 1.807) is 66.5 Å². The summed E-state index contributed by atoms with van der Waals surface area (Å²) in [6, 6.07) is 13.1. The number of hydrogen-bond acceptors (Lipinski definition) is 7. The molecule has 3 aromatic rings. The minimum Gasteiger partial charge on any atom is -0.462 e. The van der Waals surface area contributed by atoms with Gasteiger partial charge >= 0.3 is 5.97 Å². The molecule has 2 amide bonds. The number of benzene rings is 2. The van der Waals surface area contributed by atoms with Crippen LogP contribution in [0.1, 0.15) is 34.1 Å². The van der Waals surface area contributed by atoms with E-state index >= 15 is 0 Å². The molecule has 1 aromatic heterocycles. The van der Waals surface area contributed by atoms with Crippen molar-refractivity contribution >= 4 is 40.9 Å². The number of thioether (sulfide) groups is 1. The molecule has 0 atom stereocenters. The largest absolute Gasteiger partial charge is 0.462 e. The molecule has 2 aromatic carbocycles. The molecule has 0 fully saturated rings. The number of carbonyl (C=O) groups excluding carboxylic acids is 3. The first kappa shape index (κ1) is 23.0. The van der Waals surface area contributed by atoms with Crippen LogP contribution in [0.5, 0.6) is 0 Å². The maximum absolute atomic E-state index is 12.6. The summed E-state index contributed by atoms with van der Waals surface area (Å²) in [4.78, 5) is 36.7. The Morgan fingerprint density at radius 3 is 2.50 bits per heavy atom. The molecule has 0 radical (unpaired) electrons. The first-order valence-electron chi connectivity index (χ1n) is 9.91. The molecule has 0 spiro atoms. The lowest BCUT2D eigenvalue weighted by Crippen LogP contribution is -2.16. The molecule has 1 heterocycles. The van der Waals surface area contributed by atoms with Gasteiger partial charge in [0.05, 0.1) is 17.9 Å². The van der Waals surface area contributed by atoms with Crippen LogP contribution in [0.2, 0.25) is 0 Å². The SMILES string of the molecule is CCCOC(=O)c1ccc(NC(=O)c2cccc(NC(=O)CSc3nncn3C)c2)cc1. The third kappa shape index (κ3) is 6.42. The summed E-state index contributed by atoms with van der Waals surface area (Å²) in [5.41, 5.74) is 1.85.